The van der Waals surface area contributed by atoms with Crippen LogP contribution in [0.4, 0.5) is 5.82 Å². The minimum absolute atomic E-state index is 0.693. The monoisotopic (exact) mass is 260 g/mol. The number of rotatable bonds is 4. The van der Waals surface area contributed by atoms with Crippen LogP contribution in [-0.2, 0) is 5.75 Å². The van der Waals surface area contributed by atoms with Crippen LogP contribution in [-0.4, -0.2) is 9.97 Å². The molecular formula is C13H16N4S. The summed E-state index contributed by atoms with van der Waals surface area (Å²) >= 11 is 1.70. The van der Waals surface area contributed by atoms with Gasteiger partial charge in [-0.1, -0.05) is 30.3 Å². The molecular weight excluding hydrogens is 244 g/mol. The van der Waals surface area contributed by atoms with Crippen molar-refractivity contribution in [3.05, 3.63) is 47.3 Å². The first-order valence-corrected chi connectivity index (χ1v) is 6.68. The highest BCUT2D eigenvalue weighted by molar-refractivity contribution is 7.98. The van der Waals surface area contributed by atoms with Crippen molar-refractivity contribution in [1.82, 2.24) is 9.97 Å². The molecule has 1 aromatic heterocycles. The number of anilines is 1. The number of hydrogen-bond acceptors (Lipinski definition) is 5. The highest BCUT2D eigenvalue weighted by Crippen LogP contribution is 2.27. The molecule has 2 aromatic rings. The van der Waals surface area contributed by atoms with Crippen molar-refractivity contribution >= 4 is 17.6 Å². The predicted octanol–water partition coefficient (Wildman–Crippen LogP) is 2.67. The Labute approximate surface area is 111 Å². The average Bonchev–Trinajstić information content (AvgIpc) is 2.40. The minimum Gasteiger partial charge on any atom is -0.308 e. The Morgan fingerprint density at radius 1 is 1.17 bits per heavy atom. The van der Waals surface area contributed by atoms with Gasteiger partial charge < -0.3 is 5.43 Å². The number of nitrogen functional groups attached to an aromatic ring is 1. The van der Waals surface area contributed by atoms with Gasteiger partial charge >= 0.3 is 0 Å². The van der Waals surface area contributed by atoms with Gasteiger partial charge in [0.15, 0.2) is 0 Å². The second-order valence-electron chi connectivity index (χ2n) is 3.97. The van der Waals surface area contributed by atoms with E-state index in [1.165, 1.54) is 5.56 Å². The fraction of sp³-hybridized carbons (Fsp3) is 0.231. The maximum Gasteiger partial charge on any atom is 0.147 e. The third kappa shape index (κ3) is 3.00. The van der Waals surface area contributed by atoms with Crippen LogP contribution in [0.5, 0.6) is 0 Å². The first kappa shape index (κ1) is 12.9. The summed E-state index contributed by atoms with van der Waals surface area (Å²) in [7, 11) is 0. The molecule has 5 heteroatoms. The molecule has 0 aliphatic carbocycles. The third-order valence-corrected chi connectivity index (χ3v) is 3.72. The summed E-state index contributed by atoms with van der Waals surface area (Å²) in [6.45, 7) is 3.84. The smallest absolute Gasteiger partial charge is 0.147 e. The molecule has 1 aromatic carbocycles. The van der Waals surface area contributed by atoms with Gasteiger partial charge in [-0.05, 0) is 19.4 Å². The number of nitrogens with two attached hydrogens (primary N) is 1. The van der Waals surface area contributed by atoms with Crippen LogP contribution in [0.3, 0.4) is 0 Å². The van der Waals surface area contributed by atoms with Gasteiger partial charge in [-0.15, -0.1) is 11.8 Å². The number of nitrogens with zero attached hydrogens (tertiary/aromatic N) is 2. The van der Waals surface area contributed by atoms with Crippen LogP contribution >= 0.6 is 11.8 Å². The van der Waals surface area contributed by atoms with Crippen molar-refractivity contribution in [2.45, 2.75) is 24.6 Å². The van der Waals surface area contributed by atoms with Gasteiger partial charge in [0, 0.05) is 11.3 Å². The molecule has 0 saturated carbocycles. The largest absolute Gasteiger partial charge is 0.308 e. The van der Waals surface area contributed by atoms with Crippen LogP contribution in [0.2, 0.25) is 0 Å². The molecule has 0 amide bonds. The van der Waals surface area contributed by atoms with E-state index in [0.717, 1.165) is 22.2 Å². The third-order valence-electron chi connectivity index (χ3n) is 2.57. The lowest BCUT2D eigenvalue weighted by Crippen LogP contribution is -2.12. The van der Waals surface area contributed by atoms with E-state index in [0.29, 0.717) is 5.82 Å². The van der Waals surface area contributed by atoms with Gasteiger partial charge in [0.25, 0.3) is 0 Å². The van der Waals surface area contributed by atoms with Crippen molar-refractivity contribution in [2.75, 3.05) is 5.43 Å². The molecule has 0 aliphatic rings. The summed E-state index contributed by atoms with van der Waals surface area (Å²) in [4.78, 5) is 8.70. The highest BCUT2D eigenvalue weighted by Gasteiger charge is 2.08. The number of hydrazine groups is 1. The lowest BCUT2D eigenvalue weighted by Gasteiger charge is -2.10. The SMILES string of the molecule is Cc1nc(NN)c(C)c(SCc2ccccc2)n1. The van der Waals surface area contributed by atoms with Gasteiger partial charge in [-0.2, -0.15) is 0 Å². The zero-order chi connectivity index (χ0) is 13.0. The van der Waals surface area contributed by atoms with Gasteiger partial charge in [0.1, 0.15) is 16.7 Å². The van der Waals surface area contributed by atoms with Crippen molar-refractivity contribution in [2.24, 2.45) is 5.84 Å². The van der Waals surface area contributed by atoms with E-state index in [4.69, 9.17) is 5.84 Å². The fourth-order valence-corrected chi connectivity index (χ4v) is 2.62. The fourth-order valence-electron chi connectivity index (χ4n) is 1.61. The van der Waals surface area contributed by atoms with E-state index < -0.39 is 0 Å². The van der Waals surface area contributed by atoms with Crippen molar-refractivity contribution in [1.29, 1.82) is 0 Å². The molecule has 0 spiro atoms. The number of aromatic nitrogens is 2. The van der Waals surface area contributed by atoms with Crippen LogP contribution in [0.25, 0.3) is 0 Å². The van der Waals surface area contributed by atoms with E-state index in [-0.39, 0.29) is 0 Å². The standard InChI is InChI=1S/C13H16N4S/c1-9-12(17-14)15-10(2)16-13(9)18-8-11-6-4-3-5-7-11/h3-7H,8,14H2,1-2H3,(H,15,16,17). The van der Waals surface area contributed by atoms with E-state index in [2.05, 4.69) is 27.5 Å². The Morgan fingerprint density at radius 2 is 1.89 bits per heavy atom. The molecule has 0 saturated heterocycles. The molecule has 3 N–H and O–H groups in total. The number of aryl methyl sites for hydroxylation is 1. The number of thioether (sulfide) groups is 1. The zero-order valence-corrected chi connectivity index (χ0v) is 11.3. The van der Waals surface area contributed by atoms with Gasteiger partial charge in [-0.3, -0.25) is 0 Å². The summed E-state index contributed by atoms with van der Waals surface area (Å²) < 4.78 is 0. The molecule has 0 atom stereocenters. The minimum atomic E-state index is 0.693. The molecule has 0 unspecified atom stereocenters. The Kier molecular flexibility index (Phi) is 4.17. The normalized spacial score (nSPS) is 10.4. The highest BCUT2D eigenvalue weighted by atomic mass is 32.2. The average molecular weight is 260 g/mol. The Hall–Kier alpha value is -1.59. The Bertz CT molecular complexity index is 528. The van der Waals surface area contributed by atoms with Gasteiger partial charge in [0.05, 0.1) is 0 Å². The van der Waals surface area contributed by atoms with E-state index in [9.17, 15) is 0 Å². The molecule has 0 bridgehead atoms. The first-order valence-electron chi connectivity index (χ1n) is 5.69. The summed E-state index contributed by atoms with van der Waals surface area (Å²) in [5.41, 5.74) is 4.88. The summed E-state index contributed by atoms with van der Waals surface area (Å²) in [5, 5.41) is 0.972. The molecule has 1 heterocycles. The lowest BCUT2D eigenvalue weighted by atomic mass is 10.2. The second kappa shape index (κ2) is 5.84. The molecule has 0 fully saturated rings. The first-order chi connectivity index (χ1) is 8.70. The maximum atomic E-state index is 5.45. The number of hydrogen-bond donors (Lipinski definition) is 2. The van der Waals surface area contributed by atoms with Crippen LogP contribution in [0, 0.1) is 13.8 Å². The van der Waals surface area contributed by atoms with Crippen molar-refractivity contribution < 1.29 is 0 Å². The molecule has 0 radical (unpaired) electrons. The van der Waals surface area contributed by atoms with Crippen LogP contribution in [0.1, 0.15) is 17.0 Å². The number of benzene rings is 1. The topological polar surface area (TPSA) is 63.8 Å². The summed E-state index contributed by atoms with van der Waals surface area (Å²) in [6, 6.07) is 10.3. The van der Waals surface area contributed by atoms with Crippen molar-refractivity contribution in [3.63, 3.8) is 0 Å². The predicted molar refractivity (Wildman–Crippen MR) is 75.3 cm³/mol. The van der Waals surface area contributed by atoms with E-state index in [1.54, 1.807) is 11.8 Å². The Morgan fingerprint density at radius 3 is 2.56 bits per heavy atom. The van der Waals surface area contributed by atoms with Crippen molar-refractivity contribution in [3.8, 4) is 0 Å². The summed E-state index contributed by atoms with van der Waals surface area (Å²) in [5.74, 6) is 7.76. The quantitative estimate of drug-likeness (QED) is 0.383. The van der Waals surface area contributed by atoms with Crippen LogP contribution < -0.4 is 11.3 Å². The zero-order valence-electron chi connectivity index (χ0n) is 10.5. The van der Waals surface area contributed by atoms with E-state index in [1.807, 2.05) is 32.0 Å². The molecule has 18 heavy (non-hydrogen) atoms. The summed E-state index contributed by atoms with van der Waals surface area (Å²) in [6.07, 6.45) is 0. The van der Waals surface area contributed by atoms with E-state index >= 15 is 0 Å². The Balaban J connectivity index is 2.17. The molecule has 4 nitrogen and oxygen atoms in total. The van der Waals surface area contributed by atoms with Gasteiger partial charge in [0.2, 0.25) is 0 Å². The molecule has 2 rings (SSSR count). The van der Waals surface area contributed by atoms with Crippen LogP contribution in [0.15, 0.2) is 35.4 Å². The lowest BCUT2D eigenvalue weighted by molar-refractivity contribution is 0.935. The molecule has 94 valence electrons. The second-order valence-corrected chi connectivity index (χ2v) is 4.93. The maximum absolute atomic E-state index is 5.45. The molecule has 0 aliphatic heterocycles. The van der Waals surface area contributed by atoms with Gasteiger partial charge in [-0.25, -0.2) is 15.8 Å². The number of nitrogens with one attached hydrogen (secondary N) is 1.